The fraction of sp³-hybridized carbons (Fsp3) is 0.333. The third-order valence-corrected chi connectivity index (χ3v) is 3.93. The maximum absolute atomic E-state index is 5.25. The SMILES string of the molecule is CNC(C)c1cccn1Cc1ccc(OC)c(Br)c1. The molecule has 0 aliphatic rings. The van der Waals surface area contributed by atoms with Crippen molar-refractivity contribution in [3.8, 4) is 5.75 Å². The second kappa shape index (κ2) is 6.26. The first-order valence-electron chi connectivity index (χ1n) is 6.30. The Labute approximate surface area is 122 Å². The summed E-state index contributed by atoms with van der Waals surface area (Å²) in [5, 5.41) is 3.27. The van der Waals surface area contributed by atoms with Crippen molar-refractivity contribution in [2.24, 2.45) is 0 Å². The number of aromatic nitrogens is 1. The molecule has 0 saturated heterocycles. The molecular weight excluding hydrogens is 304 g/mol. The molecular formula is C15H19BrN2O. The average Bonchev–Trinajstić information content (AvgIpc) is 2.86. The largest absolute Gasteiger partial charge is 0.496 e. The minimum Gasteiger partial charge on any atom is -0.496 e. The van der Waals surface area contributed by atoms with Crippen LogP contribution in [0.15, 0.2) is 41.0 Å². The van der Waals surface area contributed by atoms with Gasteiger partial charge in [-0.05, 0) is 59.7 Å². The lowest BCUT2D eigenvalue weighted by Crippen LogP contribution is -2.16. The molecule has 1 aromatic carbocycles. The van der Waals surface area contributed by atoms with E-state index in [1.54, 1.807) is 7.11 Å². The van der Waals surface area contributed by atoms with Crippen molar-refractivity contribution in [1.29, 1.82) is 0 Å². The number of ether oxygens (including phenoxy) is 1. The Morgan fingerprint density at radius 2 is 2.16 bits per heavy atom. The van der Waals surface area contributed by atoms with Gasteiger partial charge in [0.1, 0.15) is 5.75 Å². The summed E-state index contributed by atoms with van der Waals surface area (Å²) < 4.78 is 8.50. The average molecular weight is 323 g/mol. The molecule has 1 N–H and O–H groups in total. The summed E-state index contributed by atoms with van der Waals surface area (Å²) in [5.74, 6) is 0.861. The molecule has 0 spiro atoms. The molecule has 2 aromatic rings. The van der Waals surface area contributed by atoms with Crippen LogP contribution in [0.25, 0.3) is 0 Å². The zero-order chi connectivity index (χ0) is 13.8. The van der Waals surface area contributed by atoms with E-state index in [-0.39, 0.29) is 0 Å². The molecule has 2 rings (SSSR count). The van der Waals surface area contributed by atoms with Gasteiger partial charge in [-0.1, -0.05) is 6.07 Å². The van der Waals surface area contributed by atoms with Crippen molar-refractivity contribution in [2.75, 3.05) is 14.2 Å². The number of hydrogen-bond acceptors (Lipinski definition) is 2. The van der Waals surface area contributed by atoms with Crippen molar-refractivity contribution in [2.45, 2.75) is 19.5 Å². The molecule has 3 nitrogen and oxygen atoms in total. The van der Waals surface area contributed by atoms with E-state index < -0.39 is 0 Å². The molecule has 1 heterocycles. The van der Waals surface area contributed by atoms with Gasteiger partial charge in [0.2, 0.25) is 0 Å². The third-order valence-electron chi connectivity index (χ3n) is 3.31. The summed E-state index contributed by atoms with van der Waals surface area (Å²) in [7, 11) is 3.66. The summed E-state index contributed by atoms with van der Waals surface area (Å²) in [6.45, 7) is 3.02. The normalized spacial score (nSPS) is 12.4. The van der Waals surface area contributed by atoms with Crippen molar-refractivity contribution in [3.63, 3.8) is 0 Å². The number of benzene rings is 1. The minimum atomic E-state index is 0.344. The first-order chi connectivity index (χ1) is 9.15. The number of methoxy groups -OCH3 is 1. The van der Waals surface area contributed by atoms with Crippen LogP contribution in [-0.4, -0.2) is 18.7 Å². The van der Waals surface area contributed by atoms with Gasteiger partial charge in [0.15, 0.2) is 0 Å². The summed E-state index contributed by atoms with van der Waals surface area (Å²) in [4.78, 5) is 0. The van der Waals surface area contributed by atoms with Crippen LogP contribution in [0.5, 0.6) is 5.75 Å². The lowest BCUT2D eigenvalue weighted by atomic mass is 10.2. The van der Waals surface area contributed by atoms with Crippen LogP contribution >= 0.6 is 15.9 Å². The molecule has 0 saturated carbocycles. The molecule has 19 heavy (non-hydrogen) atoms. The minimum absolute atomic E-state index is 0.344. The van der Waals surface area contributed by atoms with Crippen LogP contribution in [0.2, 0.25) is 0 Å². The lowest BCUT2D eigenvalue weighted by Gasteiger charge is -2.15. The predicted molar refractivity (Wildman–Crippen MR) is 81.7 cm³/mol. The molecule has 0 fully saturated rings. The van der Waals surface area contributed by atoms with Gasteiger partial charge in [0.25, 0.3) is 0 Å². The lowest BCUT2D eigenvalue weighted by molar-refractivity contribution is 0.412. The maximum Gasteiger partial charge on any atom is 0.133 e. The smallest absolute Gasteiger partial charge is 0.133 e. The van der Waals surface area contributed by atoms with Gasteiger partial charge in [0.05, 0.1) is 11.6 Å². The van der Waals surface area contributed by atoms with Crippen LogP contribution in [0.4, 0.5) is 0 Å². The molecule has 0 radical (unpaired) electrons. The highest BCUT2D eigenvalue weighted by Crippen LogP contribution is 2.26. The Balaban J connectivity index is 2.22. The number of rotatable bonds is 5. The molecule has 0 aliphatic heterocycles. The topological polar surface area (TPSA) is 26.2 Å². The van der Waals surface area contributed by atoms with Crippen LogP contribution < -0.4 is 10.1 Å². The van der Waals surface area contributed by atoms with Gasteiger partial charge < -0.3 is 14.6 Å². The molecule has 1 unspecified atom stereocenters. The second-order valence-corrected chi connectivity index (χ2v) is 5.39. The first-order valence-corrected chi connectivity index (χ1v) is 7.09. The fourth-order valence-electron chi connectivity index (χ4n) is 2.12. The second-order valence-electron chi connectivity index (χ2n) is 4.54. The summed E-state index contributed by atoms with van der Waals surface area (Å²) >= 11 is 3.53. The molecule has 102 valence electrons. The van der Waals surface area contributed by atoms with Crippen molar-refractivity contribution < 1.29 is 4.74 Å². The van der Waals surface area contributed by atoms with Crippen molar-refractivity contribution >= 4 is 15.9 Å². The Morgan fingerprint density at radius 3 is 2.79 bits per heavy atom. The summed E-state index contributed by atoms with van der Waals surface area (Å²) in [6, 6.07) is 10.8. The molecule has 4 heteroatoms. The Kier molecular flexibility index (Phi) is 4.66. The maximum atomic E-state index is 5.25. The highest BCUT2D eigenvalue weighted by Gasteiger charge is 2.09. The molecule has 1 atom stereocenters. The van der Waals surface area contributed by atoms with E-state index in [0.717, 1.165) is 16.8 Å². The summed E-state index contributed by atoms with van der Waals surface area (Å²) in [5.41, 5.74) is 2.53. The van der Waals surface area contributed by atoms with Gasteiger partial charge in [-0.2, -0.15) is 0 Å². The number of nitrogens with zero attached hydrogens (tertiary/aromatic N) is 1. The number of hydrogen-bond donors (Lipinski definition) is 1. The molecule has 0 bridgehead atoms. The van der Waals surface area contributed by atoms with E-state index >= 15 is 0 Å². The van der Waals surface area contributed by atoms with Gasteiger partial charge in [0, 0.05) is 24.5 Å². The molecule has 1 aromatic heterocycles. The number of halogens is 1. The standard InChI is InChI=1S/C15H19BrN2O/c1-11(17-2)14-5-4-8-18(14)10-12-6-7-15(19-3)13(16)9-12/h4-9,11,17H,10H2,1-3H3. The van der Waals surface area contributed by atoms with Crippen LogP contribution in [0.3, 0.4) is 0 Å². The first kappa shape index (κ1) is 14.2. The Bertz CT molecular complexity index is 551. The van der Waals surface area contributed by atoms with Crippen molar-refractivity contribution in [3.05, 3.63) is 52.3 Å². The zero-order valence-corrected chi connectivity index (χ0v) is 13.1. The van der Waals surface area contributed by atoms with E-state index in [4.69, 9.17) is 4.74 Å². The van der Waals surface area contributed by atoms with E-state index in [9.17, 15) is 0 Å². The highest BCUT2D eigenvalue weighted by molar-refractivity contribution is 9.10. The zero-order valence-electron chi connectivity index (χ0n) is 11.5. The quantitative estimate of drug-likeness (QED) is 0.910. The van der Waals surface area contributed by atoms with E-state index in [0.29, 0.717) is 6.04 Å². The van der Waals surface area contributed by atoms with Gasteiger partial charge in [-0.15, -0.1) is 0 Å². The highest BCUT2D eigenvalue weighted by atomic mass is 79.9. The van der Waals surface area contributed by atoms with E-state index in [1.165, 1.54) is 11.3 Å². The van der Waals surface area contributed by atoms with Crippen LogP contribution in [0.1, 0.15) is 24.2 Å². The van der Waals surface area contributed by atoms with E-state index in [1.807, 2.05) is 13.1 Å². The number of nitrogens with one attached hydrogen (secondary N) is 1. The predicted octanol–water partition coefficient (Wildman–Crippen LogP) is 3.59. The van der Waals surface area contributed by atoms with E-state index in [2.05, 4.69) is 63.2 Å². The van der Waals surface area contributed by atoms with Crippen LogP contribution in [-0.2, 0) is 6.54 Å². The van der Waals surface area contributed by atoms with Crippen molar-refractivity contribution in [1.82, 2.24) is 9.88 Å². The monoisotopic (exact) mass is 322 g/mol. The summed E-state index contributed by atoms with van der Waals surface area (Å²) in [6.07, 6.45) is 2.11. The fourth-order valence-corrected chi connectivity index (χ4v) is 2.71. The van der Waals surface area contributed by atoms with Crippen LogP contribution in [0, 0.1) is 0 Å². The van der Waals surface area contributed by atoms with Gasteiger partial charge in [-0.3, -0.25) is 0 Å². The van der Waals surface area contributed by atoms with Gasteiger partial charge >= 0.3 is 0 Å². The molecule has 0 aliphatic carbocycles. The Morgan fingerprint density at radius 1 is 1.37 bits per heavy atom. The Hall–Kier alpha value is -1.26. The molecule has 0 amide bonds. The van der Waals surface area contributed by atoms with Gasteiger partial charge in [-0.25, -0.2) is 0 Å². The third kappa shape index (κ3) is 3.19.